The Hall–Kier alpha value is -1.87. The standard InChI is InChI=1S/C18H23N3/c1-15(16-5-3-2-4-6-16)20-17-9-13-21(14-10-17)18-7-11-19-12-8-18/h2-8,11-12,15,17,20H,9-10,13-14H2,1H3/t15-/m0/s1. The smallest absolute Gasteiger partial charge is 0.0397 e. The van der Waals surface area contributed by atoms with Gasteiger partial charge in [0, 0.05) is 43.3 Å². The fourth-order valence-electron chi connectivity index (χ4n) is 3.05. The number of benzene rings is 1. The van der Waals surface area contributed by atoms with Crippen molar-refractivity contribution >= 4 is 5.69 Å². The minimum atomic E-state index is 0.420. The van der Waals surface area contributed by atoms with Gasteiger partial charge in [-0.2, -0.15) is 0 Å². The summed E-state index contributed by atoms with van der Waals surface area (Å²) in [7, 11) is 0. The van der Waals surface area contributed by atoms with E-state index in [-0.39, 0.29) is 0 Å². The lowest BCUT2D eigenvalue weighted by molar-refractivity contribution is 0.381. The van der Waals surface area contributed by atoms with Crippen molar-refractivity contribution in [2.45, 2.75) is 31.8 Å². The van der Waals surface area contributed by atoms with E-state index in [9.17, 15) is 0 Å². The van der Waals surface area contributed by atoms with Gasteiger partial charge in [0.1, 0.15) is 0 Å². The maximum Gasteiger partial charge on any atom is 0.0397 e. The molecule has 21 heavy (non-hydrogen) atoms. The summed E-state index contributed by atoms with van der Waals surface area (Å²) in [5.41, 5.74) is 2.66. The number of pyridine rings is 1. The van der Waals surface area contributed by atoms with Crippen LogP contribution in [0.3, 0.4) is 0 Å². The van der Waals surface area contributed by atoms with Gasteiger partial charge in [-0.15, -0.1) is 0 Å². The summed E-state index contributed by atoms with van der Waals surface area (Å²) < 4.78 is 0. The number of piperidine rings is 1. The molecule has 1 aliphatic rings. The van der Waals surface area contributed by atoms with E-state index in [4.69, 9.17) is 0 Å². The normalized spacial score (nSPS) is 17.7. The van der Waals surface area contributed by atoms with Crippen LogP contribution in [0.25, 0.3) is 0 Å². The van der Waals surface area contributed by atoms with Crippen molar-refractivity contribution in [1.82, 2.24) is 10.3 Å². The Labute approximate surface area is 127 Å². The Balaban J connectivity index is 1.52. The van der Waals surface area contributed by atoms with Crippen LogP contribution in [-0.2, 0) is 0 Å². The van der Waals surface area contributed by atoms with Crippen LogP contribution in [-0.4, -0.2) is 24.1 Å². The number of nitrogens with one attached hydrogen (secondary N) is 1. The molecule has 1 saturated heterocycles. The molecule has 2 heterocycles. The van der Waals surface area contributed by atoms with Crippen molar-refractivity contribution in [1.29, 1.82) is 0 Å². The zero-order chi connectivity index (χ0) is 14.5. The highest BCUT2D eigenvalue weighted by Gasteiger charge is 2.20. The second-order valence-electron chi connectivity index (χ2n) is 5.77. The molecule has 1 aromatic heterocycles. The predicted molar refractivity (Wildman–Crippen MR) is 87.5 cm³/mol. The summed E-state index contributed by atoms with van der Waals surface area (Å²) in [5.74, 6) is 0. The van der Waals surface area contributed by atoms with Crippen molar-refractivity contribution in [2.75, 3.05) is 18.0 Å². The van der Waals surface area contributed by atoms with Gasteiger partial charge >= 0.3 is 0 Å². The van der Waals surface area contributed by atoms with E-state index in [1.165, 1.54) is 24.1 Å². The second kappa shape index (κ2) is 6.72. The van der Waals surface area contributed by atoms with Gasteiger partial charge in [-0.05, 0) is 37.5 Å². The summed E-state index contributed by atoms with van der Waals surface area (Å²) in [5, 5.41) is 3.77. The number of rotatable bonds is 4. The average molecular weight is 281 g/mol. The molecular formula is C18H23N3. The Bertz CT molecular complexity index is 533. The van der Waals surface area contributed by atoms with E-state index in [2.05, 4.69) is 64.6 Å². The van der Waals surface area contributed by atoms with Crippen LogP contribution in [0.5, 0.6) is 0 Å². The van der Waals surface area contributed by atoms with E-state index < -0.39 is 0 Å². The number of hydrogen-bond donors (Lipinski definition) is 1. The van der Waals surface area contributed by atoms with Crippen LogP contribution >= 0.6 is 0 Å². The molecule has 0 bridgehead atoms. The van der Waals surface area contributed by atoms with Crippen molar-refractivity contribution in [3.05, 3.63) is 60.4 Å². The van der Waals surface area contributed by atoms with Crippen molar-refractivity contribution in [3.63, 3.8) is 0 Å². The zero-order valence-corrected chi connectivity index (χ0v) is 12.6. The van der Waals surface area contributed by atoms with Gasteiger partial charge in [0.05, 0.1) is 0 Å². The number of aromatic nitrogens is 1. The fraction of sp³-hybridized carbons (Fsp3) is 0.389. The average Bonchev–Trinajstić information content (AvgIpc) is 2.57. The molecule has 3 rings (SSSR count). The third kappa shape index (κ3) is 3.61. The highest BCUT2D eigenvalue weighted by atomic mass is 15.1. The molecule has 110 valence electrons. The Morgan fingerprint density at radius 2 is 1.71 bits per heavy atom. The molecule has 1 atom stereocenters. The summed E-state index contributed by atoms with van der Waals surface area (Å²) >= 11 is 0. The van der Waals surface area contributed by atoms with E-state index in [1.807, 2.05) is 12.4 Å². The van der Waals surface area contributed by atoms with Gasteiger partial charge in [0.25, 0.3) is 0 Å². The molecule has 0 radical (unpaired) electrons. The Morgan fingerprint density at radius 3 is 2.38 bits per heavy atom. The lowest BCUT2D eigenvalue weighted by Gasteiger charge is -2.35. The van der Waals surface area contributed by atoms with Crippen molar-refractivity contribution in [2.24, 2.45) is 0 Å². The first-order valence-electron chi connectivity index (χ1n) is 7.79. The molecular weight excluding hydrogens is 258 g/mol. The summed E-state index contributed by atoms with van der Waals surface area (Å²) in [6.07, 6.45) is 6.13. The Morgan fingerprint density at radius 1 is 1.05 bits per heavy atom. The van der Waals surface area contributed by atoms with E-state index in [0.29, 0.717) is 12.1 Å². The monoisotopic (exact) mass is 281 g/mol. The lowest BCUT2D eigenvalue weighted by Crippen LogP contribution is -2.43. The quantitative estimate of drug-likeness (QED) is 0.931. The molecule has 3 nitrogen and oxygen atoms in total. The number of nitrogens with zero attached hydrogens (tertiary/aromatic N) is 2. The molecule has 1 fully saturated rings. The first-order valence-corrected chi connectivity index (χ1v) is 7.79. The summed E-state index contributed by atoms with van der Waals surface area (Å²) in [6.45, 7) is 4.48. The third-order valence-corrected chi connectivity index (χ3v) is 4.31. The molecule has 1 aromatic carbocycles. The molecule has 0 spiro atoms. The molecule has 0 amide bonds. The maximum absolute atomic E-state index is 4.09. The van der Waals surface area contributed by atoms with Gasteiger partial charge in [-0.25, -0.2) is 0 Å². The van der Waals surface area contributed by atoms with Gasteiger partial charge in [-0.1, -0.05) is 30.3 Å². The lowest BCUT2D eigenvalue weighted by atomic mass is 10.0. The number of hydrogen-bond acceptors (Lipinski definition) is 3. The minimum Gasteiger partial charge on any atom is -0.371 e. The second-order valence-corrected chi connectivity index (χ2v) is 5.77. The van der Waals surface area contributed by atoms with Crippen LogP contribution in [0.1, 0.15) is 31.4 Å². The van der Waals surface area contributed by atoms with Gasteiger partial charge in [0.2, 0.25) is 0 Å². The van der Waals surface area contributed by atoms with Crippen LogP contribution in [0, 0.1) is 0 Å². The van der Waals surface area contributed by atoms with Crippen LogP contribution < -0.4 is 10.2 Å². The van der Waals surface area contributed by atoms with Gasteiger partial charge < -0.3 is 10.2 Å². The first-order chi connectivity index (χ1) is 10.3. The maximum atomic E-state index is 4.09. The zero-order valence-electron chi connectivity index (χ0n) is 12.6. The van der Waals surface area contributed by atoms with E-state index >= 15 is 0 Å². The Kier molecular flexibility index (Phi) is 4.51. The molecule has 3 heteroatoms. The first kappa shape index (κ1) is 14.1. The van der Waals surface area contributed by atoms with Crippen LogP contribution in [0.15, 0.2) is 54.9 Å². The SMILES string of the molecule is C[C@H](NC1CCN(c2ccncc2)CC1)c1ccccc1. The van der Waals surface area contributed by atoms with Gasteiger partial charge in [-0.3, -0.25) is 4.98 Å². The molecule has 0 unspecified atom stereocenters. The molecule has 1 aliphatic heterocycles. The molecule has 0 saturated carbocycles. The van der Waals surface area contributed by atoms with Crippen LogP contribution in [0.2, 0.25) is 0 Å². The third-order valence-electron chi connectivity index (χ3n) is 4.31. The number of anilines is 1. The van der Waals surface area contributed by atoms with E-state index in [0.717, 1.165) is 13.1 Å². The summed E-state index contributed by atoms with van der Waals surface area (Å²) in [4.78, 5) is 6.54. The molecule has 1 N–H and O–H groups in total. The fourth-order valence-corrected chi connectivity index (χ4v) is 3.05. The highest BCUT2D eigenvalue weighted by molar-refractivity contribution is 5.44. The predicted octanol–water partition coefficient (Wildman–Crippen LogP) is 3.40. The van der Waals surface area contributed by atoms with Crippen LogP contribution in [0.4, 0.5) is 5.69 Å². The van der Waals surface area contributed by atoms with E-state index in [1.54, 1.807) is 0 Å². The summed E-state index contributed by atoms with van der Waals surface area (Å²) in [6, 6.07) is 15.9. The van der Waals surface area contributed by atoms with Crippen molar-refractivity contribution < 1.29 is 0 Å². The molecule has 0 aliphatic carbocycles. The molecule has 2 aromatic rings. The van der Waals surface area contributed by atoms with Crippen molar-refractivity contribution in [3.8, 4) is 0 Å². The topological polar surface area (TPSA) is 28.2 Å². The van der Waals surface area contributed by atoms with Gasteiger partial charge in [0.15, 0.2) is 0 Å². The highest BCUT2D eigenvalue weighted by Crippen LogP contribution is 2.21. The largest absolute Gasteiger partial charge is 0.371 e. The minimum absolute atomic E-state index is 0.420.